The number of hydrogen-bond acceptors (Lipinski definition) is 4. The van der Waals surface area contributed by atoms with Crippen LogP contribution in [0.25, 0.3) is 0 Å². The topological polar surface area (TPSA) is 56.6 Å². The van der Waals surface area contributed by atoms with E-state index in [0.717, 1.165) is 51.1 Å². The summed E-state index contributed by atoms with van der Waals surface area (Å²) in [6, 6.07) is 1.91. The lowest BCUT2D eigenvalue weighted by Crippen LogP contribution is -2.38. The number of carbonyl (C=O) groups is 1. The van der Waals surface area contributed by atoms with Crippen LogP contribution in [0.1, 0.15) is 18.5 Å². The predicted molar refractivity (Wildman–Crippen MR) is 83.8 cm³/mol. The monoisotopic (exact) mass is 319 g/mol. The zero-order valence-electron chi connectivity index (χ0n) is 13.7. The maximum atomic E-state index is 12.6. The molecule has 0 aromatic carbocycles. The largest absolute Gasteiger partial charge is 0.380 e. The molecule has 1 saturated carbocycles. The molecule has 3 heterocycles. The molecule has 23 heavy (non-hydrogen) atoms. The fourth-order valence-corrected chi connectivity index (χ4v) is 3.76. The first kappa shape index (κ1) is 15.1. The van der Waals surface area contributed by atoms with Gasteiger partial charge in [0.2, 0.25) is 5.91 Å². The first-order valence-corrected chi connectivity index (χ1v) is 8.56. The van der Waals surface area contributed by atoms with Gasteiger partial charge in [0.1, 0.15) is 0 Å². The highest BCUT2D eigenvalue weighted by Crippen LogP contribution is 2.42. The summed E-state index contributed by atoms with van der Waals surface area (Å²) in [6.07, 6.45) is 4.87. The Morgan fingerprint density at radius 3 is 3.13 bits per heavy atom. The highest BCUT2D eigenvalue weighted by molar-refractivity contribution is 5.78. The van der Waals surface area contributed by atoms with E-state index >= 15 is 0 Å². The van der Waals surface area contributed by atoms with Gasteiger partial charge in [-0.2, -0.15) is 5.10 Å². The number of aromatic nitrogens is 2. The summed E-state index contributed by atoms with van der Waals surface area (Å²) < 4.78 is 13.4. The van der Waals surface area contributed by atoms with Crippen LogP contribution in [0.15, 0.2) is 12.3 Å². The van der Waals surface area contributed by atoms with Gasteiger partial charge in [0.25, 0.3) is 0 Å². The molecule has 0 N–H and O–H groups in total. The molecule has 1 aromatic heterocycles. The van der Waals surface area contributed by atoms with Gasteiger partial charge in [0.05, 0.1) is 31.9 Å². The second-order valence-corrected chi connectivity index (χ2v) is 7.46. The number of ether oxygens (including phenoxy) is 2. The Balaban J connectivity index is 1.36. The fraction of sp³-hybridized carbons (Fsp3) is 0.765. The van der Waals surface area contributed by atoms with Crippen LogP contribution in [-0.2, 0) is 27.7 Å². The van der Waals surface area contributed by atoms with E-state index in [0.29, 0.717) is 12.3 Å². The molecule has 2 saturated heterocycles. The Labute approximate surface area is 136 Å². The van der Waals surface area contributed by atoms with Crippen LogP contribution in [0.4, 0.5) is 0 Å². The Morgan fingerprint density at radius 2 is 2.39 bits per heavy atom. The summed E-state index contributed by atoms with van der Waals surface area (Å²) in [5, 5.41) is 4.31. The van der Waals surface area contributed by atoms with Crippen molar-refractivity contribution in [2.75, 3.05) is 39.5 Å². The van der Waals surface area contributed by atoms with Gasteiger partial charge < -0.3 is 14.4 Å². The number of carbonyl (C=O) groups excluding carboxylic acids is 1. The number of fused-ring (bicyclic) bond motifs is 1. The van der Waals surface area contributed by atoms with Crippen molar-refractivity contribution in [3.63, 3.8) is 0 Å². The summed E-state index contributed by atoms with van der Waals surface area (Å²) in [5.41, 5.74) is 0.846. The highest BCUT2D eigenvalue weighted by Gasteiger charge is 2.52. The van der Waals surface area contributed by atoms with Crippen LogP contribution in [0.5, 0.6) is 0 Å². The maximum absolute atomic E-state index is 12.6. The zero-order valence-corrected chi connectivity index (χ0v) is 13.7. The molecular formula is C17H25N3O3. The molecule has 3 aliphatic rings. The molecule has 6 nitrogen and oxygen atoms in total. The molecule has 126 valence electrons. The van der Waals surface area contributed by atoms with E-state index in [9.17, 15) is 4.79 Å². The van der Waals surface area contributed by atoms with Crippen molar-refractivity contribution in [2.24, 2.45) is 24.3 Å². The van der Waals surface area contributed by atoms with Crippen LogP contribution in [-0.4, -0.2) is 60.1 Å². The SMILES string of the molecule is Cn1ccc(CC(=O)N2C[C@@H]3COC[C@]3(COCC3CC3)C2)n1. The first-order chi connectivity index (χ1) is 11.1. The second kappa shape index (κ2) is 5.91. The van der Waals surface area contributed by atoms with Crippen molar-refractivity contribution >= 4 is 5.91 Å². The van der Waals surface area contributed by atoms with Gasteiger partial charge in [-0.3, -0.25) is 9.48 Å². The average molecular weight is 319 g/mol. The van der Waals surface area contributed by atoms with Crippen LogP contribution >= 0.6 is 0 Å². The van der Waals surface area contributed by atoms with Crippen LogP contribution in [0.2, 0.25) is 0 Å². The lowest BCUT2D eigenvalue weighted by molar-refractivity contribution is -0.130. The average Bonchev–Trinajstić information content (AvgIpc) is 2.94. The third-order valence-electron chi connectivity index (χ3n) is 5.41. The standard InChI is InChI=1S/C17H25N3O3/c1-19-5-4-15(18-19)6-16(21)20-7-14-9-23-12-17(14,10-20)11-22-8-13-2-3-13/h4-5,13-14H,2-3,6-12H2,1H3/t14-,17-/m1/s1. The second-order valence-electron chi connectivity index (χ2n) is 7.46. The normalized spacial score (nSPS) is 30.0. The number of aryl methyl sites for hydroxylation is 1. The number of likely N-dealkylation sites (tertiary alicyclic amines) is 1. The summed E-state index contributed by atoms with van der Waals surface area (Å²) >= 11 is 0. The fourth-order valence-electron chi connectivity index (χ4n) is 3.76. The molecule has 0 bridgehead atoms. The lowest BCUT2D eigenvalue weighted by Gasteiger charge is -2.26. The molecule has 6 heteroatoms. The Morgan fingerprint density at radius 1 is 1.52 bits per heavy atom. The minimum Gasteiger partial charge on any atom is -0.380 e. The summed E-state index contributed by atoms with van der Waals surface area (Å²) in [7, 11) is 1.87. The quantitative estimate of drug-likeness (QED) is 0.780. The van der Waals surface area contributed by atoms with Crippen molar-refractivity contribution < 1.29 is 14.3 Å². The highest BCUT2D eigenvalue weighted by atomic mass is 16.5. The molecule has 0 radical (unpaired) electrons. The summed E-state index contributed by atoms with van der Waals surface area (Å²) in [5.74, 6) is 1.35. The molecule has 2 atom stereocenters. The van der Waals surface area contributed by atoms with Crippen molar-refractivity contribution in [3.8, 4) is 0 Å². The molecule has 3 fully saturated rings. The molecule has 1 amide bonds. The Hall–Kier alpha value is -1.40. The predicted octanol–water partition coefficient (Wildman–Crippen LogP) is 0.864. The third-order valence-corrected chi connectivity index (χ3v) is 5.41. The molecule has 1 aromatic rings. The number of amides is 1. The van der Waals surface area contributed by atoms with Gasteiger partial charge in [0.15, 0.2) is 0 Å². The van der Waals surface area contributed by atoms with Gasteiger partial charge in [0, 0.05) is 44.3 Å². The number of hydrogen-bond donors (Lipinski definition) is 0. The van der Waals surface area contributed by atoms with E-state index in [2.05, 4.69) is 5.10 Å². The minimum absolute atomic E-state index is 0.00860. The van der Waals surface area contributed by atoms with E-state index in [1.54, 1.807) is 4.68 Å². The minimum atomic E-state index is 0.00860. The van der Waals surface area contributed by atoms with Gasteiger partial charge in [-0.1, -0.05) is 0 Å². The van der Waals surface area contributed by atoms with Crippen LogP contribution in [0, 0.1) is 17.3 Å². The van der Waals surface area contributed by atoms with Crippen LogP contribution < -0.4 is 0 Å². The molecule has 0 spiro atoms. The van der Waals surface area contributed by atoms with Crippen molar-refractivity contribution in [2.45, 2.75) is 19.3 Å². The molecule has 1 aliphatic carbocycles. The molecule has 4 rings (SSSR count). The van der Waals surface area contributed by atoms with Gasteiger partial charge in [-0.25, -0.2) is 0 Å². The number of rotatable bonds is 6. The summed E-state index contributed by atoms with van der Waals surface area (Å²) in [6.45, 7) is 4.61. The zero-order chi connectivity index (χ0) is 15.9. The molecule has 0 unspecified atom stereocenters. The van der Waals surface area contributed by atoms with Gasteiger partial charge in [-0.15, -0.1) is 0 Å². The third kappa shape index (κ3) is 3.15. The molecule has 2 aliphatic heterocycles. The lowest BCUT2D eigenvalue weighted by atomic mass is 9.82. The van der Waals surface area contributed by atoms with E-state index < -0.39 is 0 Å². The van der Waals surface area contributed by atoms with E-state index in [1.165, 1.54) is 12.8 Å². The van der Waals surface area contributed by atoms with E-state index in [1.807, 2.05) is 24.2 Å². The Kier molecular flexibility index (Phi) is 3.89. The van der Waals surface area contributed by atoms with Crippen molar-refractivity contribution in [3.05, 3.63) is 18.0 Å². The summed E-state index contributed by atoms with van der Waals surface area (Å²) in [4.78, 5) is 14.6. The van der Waals surface area contributed by atoms with E-state index in [-0.39, 0.29) is 11.3 Å². The van der Waals surface area contributed by atoms with Gasteiger partial charge >= 0.3 is 0 Å². The first-order valence-electron chi connectivity index (χ1n) is 8.56. The van der Waals surface area contributed by atoms with Crippen molar-refractivity contribution in [1.29, 1.82) is 0 Å². The maximum Gasteiger partial charge on any atom is 0.228 e. The smallest absolute Gasteiger partial charge is 0.228 e. The number of nitrogens with zero attached hydrogens (tertiary/aromatic N) is 3. The molecular weight excluding hydrogens is 294 g/mol. The van der Waals surface area contributed by atoms with Crippen molar-refractivity contribution in [1.82, 2.24) is 14.7 Å². The van der Waals surface area contributed by atoms with Crippen LogP contribution in [0.3, 0.4) is 0 Å². The van der Waals surface area contributed by atoms with Gasteiger partial charge in [-0.05, 0) is 24.8 Å². The van der Waals surface area contributed by atoms with E-state index in [4.69, 9.17) is 9.47 Å². The Bertz CT molecular complexity index is 583.